The minimum Gasteiger partial charge on any atom is -0.298 e. The van der Waals surface area contributed by atoms with Crippen LogP contribution in [0.25, 0.3) is 10.2 Å². The zero-order valence-electron chi connectivity index (χ0n) is 12.2. The number of nitrogens with zero attached hydrogens (tertiary/aromatic N) is 2. The van der Waals surface area contributed by atoms with E-state index in [-0.39, 0.29) is 18.0 Å². The van der Waals surface area contributed by atoms with Gasteiger partial charge >= 0.3 is 0 Å². The standard InChI is InChI=1S/C18H13FN2OS/c19-13-5-3-4-12(10-13)8-9-16(22)14(11-20)18-21-15-6-1-2-7-17(15)23-18/h1-7,10,14H,8-9H2. The fourth-order valence-corrected chi connectivity index (χ4v) is 3.42. The van der Waals surface area contributed by atoms with Crippen LogP contribution in [0.3, 0.4) is 0 Å². The van der Waals surface area contributed by atoms with E-state index in [0.29, 0.717) is 11.4 Å². The predicted molar refractivity (Wildman–Crippen MR) is 87.7 cm³/mol. The molecule has 1 heterocycles. The van der Waals surface area contributed by atoms with Crippen molar-refractivity contribution in [1.29, 1.82) is 5.26 Å². The minimum absolute atomic E-state index is 0.184. The maximum Gasteiger partial charge on any atom is 0.157 e. The zero-order chi connectivity index (χ0) is 16.2. The molecule has 0 saturated carbocycles. The molecule has 0 N–H and O–H groups in total. The van der Waals surface area contributed by atoms with E-state index in [1.807, 2.05) is 24.3 Å². The summed E-state index contributed by atoms with van der Waals surface area (Å²) in [6.07, 6.45) is 0.608. The number of hydrogen-bond donors (Lipinski definition) is 0. The highest BCUT2D eigenvalue weighted by Crippen LogP contribution is 2.28. The van der Waals surface area contributed by atoms with Gasteiger partial charge < -0.3 is 0 Å². The normalized spacial score (nSPS) is 12.0. The number of para-hydroxylation sites is 1. The van der Waals surface area contributed by atoms with Crippen LogP contribution in [-0.4, -0.2) is 10.8 Å². The lowest BCUT2D eigenvalue weighted by Crippen LogP contribution is -2.11. The van der Waals surface area contributed by atoms with E-state index in [1.165, 1.54) is 23.5 Å². The van der Waals surface area contributed by atoms with Gasteiger partial charge in [-0.1, -0.05) is 24.3 Å². The summed E-state index contributed by atoms with van der Waals surface area (Å²) < 4.78 is 14.1. The van der Waals surface area contributed by atoms with Gasteiger partial charge in [-0.3, -0.25) is 4.79 Å². The molecule has 3 nitrogen and oxygen atoms in total. The summed E-state index contributed by atoms with van der Waals surface area (Å²) in [4.78, 5) is 16.7. The summed E-state index contributed by atoms with van der Waals surface area (Å²) in [5.41, 5.74) is 1.55. The van der Waals surface area contributed by atoms with Gasteiger partial charge in [-0.25, -0.2) is 9.37 Å². The number of thiazole rings is 1. The van der Waals surface area contributed by atoms with E-state index in [9.17, 15) is 14.4 Å². The second-order valence-electron chi connectivity index (χ2n) is 5.18. The first-order valence-electron chi connectivity index (χ1n) is 7.19. The summed E-state index contributed by atoms with van der Waals surface area (Å²) in [5.74, 6) is -1.37. The van der Waals surface area contributed by atoms with Crippen LogP contribution in [0, 0.1) is 17.1 Å². The number of halogens is 1. The number of hydrogen-bond acceptors (Lipinski definition) is 4. The second-order valence-corrected chi connectivity index (χ2v) is 6.24. The molecule has 23 heavy (non-hydrogen) atoms. The highest BCUT2D eigenvalue weighted by Gasteiger charge is 2.23. The lowest BCUT2D eigenvalue weighted by molar-refractivity contribution is -0.119. The van der Waals surface area contributed by atoms with Crippen LogP contribution in [0.2, 0.25) is 0 Å². The number of rotatable bonds is 5. The average Bonchev–Trinajstić information content (AvgIpc) is 2.97. The number of fused-ring (bicyclic) bond motifs is 1. The maximum absolute atomic E-state index is 13.2. The molecule has 114 valence electrons. The molecule has 0 radical (unpaired) electrons. The van der Waals surface area contributed by atoms with Crippen LogP contribution >= 0.6 is 11.3 Å². The third-order valence-electron chi connectivity index (χ3n) is 3.56. The van der Waals surface area contributed by atoms with Crippen molar-refractivity contribution >= 4 is 27.3 Å². The number of nitriles is 1. The van der Waals surface area contributed by atoms with Gasteiger partial charge in [-0.15, -0.1) is 11.3 Å². The van der Waals surface area contributed by atoms with Gasteiger partial charge in [-0.2, -0.15) is 5.26 Å². The number of benzene rings is 2. The summed E-state index contributed by atoms with van der Waals surface area (Å²) in [6.45, 7) is 0. The first-order chi connectivity index (χ1) is 11.2. The fraction of sp³-hybridized carbons (Fsp3) is 0.167. The molecule has 2 aromatic carbocycles. The zero-order valence-corrected chi connectivity index (χ0v) is 13.0. The molecule has 1 atom stereocenters. The van der Waals surface area contributed by atoms with Gasteiger partial charge in [0.2, 0.25) is 0 Å². The van der Waals surface area contributed by atoms with Crippen molar-refractivity contribution < 1.29 is 9.18 Å². The van der Waals surface area contributed by atoms with E-state index in [4.69, 9.17) is 0 Å². The van der Waals surface area contributed by atoms with E-state index in [1.54, 1.807) is 12.1 Å². The Morgan fingerprint density at radius 1 is 1.26 bits per heavy atom. The molecule has 3 aromatic rings. The summed E-state index contributed by atoms with van der Waals surface area (Å²) in [7, 11) is 0. The quantitative estimate of drug-likeness (QED) is 0.705. The van der Waals surface area contributed by atoms with E-state index < -0.39 is 5.92 Å². The third kappa shape index (κ3) is 3.43. The molecule has 0 aliphatic heterocycles. The van der Waals surface area contributed by atoms with E-state index in [2.05, 4.69) is 11.1 Å². The summed E-state index contributed by atoms with van der Waals surface area (Å²) in [6, 6.07) is 15.8. The molecule has 0 aliphatic carbocycles. The molecule has 0 bridgehead atoms. The molecule has 0 amide bonds. The summed E-state index contributed by atoms with van der Waals surface area (Å²) >= 11 is 1.37. The van der Waals surface area contributed by atoms with Crippen LogP contribution < -0.4 is 0 Å². The molecular formula is C18H13FN2OS. The molecule has 3 rings (SSSR count). The average molecular weight is 324 g/mol. The Kier molecular flexibility index (Phi) is 4.45. The Labute approximate surface area is 137 Å². The van der Waals surface area contributed by atoms with Crippen molar-refractivity contribution in [3.63, 3.8) is 0 Å². The summed E-state index contributed by atoms with van der Waals surface area (Å²) in [5, 5.41) is 9.88. The topological polar surface area (TPSA) is 53.8 Å². The maximum atomic E-state index is 13.2. The Balaban J connectivity index is 1.75. The van der Waals surface area contributed by atoms with Crippen molar-refractivity contribution in [2.75, 3.05) is 0 Å². The highest BCUT2D eigenvalue weighted by atomic mass is 32.1. The fourth-order valence-electron chi connectivity index (χ4n) is 2.38. The Morgan fingerprint density at radius 3 is 2.83 bits per heavy atom. The largest absolute Gasteiger partial charge is 0.298 e. The van der Waals surface area contributed by atoms with Crippen molar-refractivity contribution in [3.8, 4) is 6.07 Å². The van der Waals surface area contributed by atoms with Gasteiger partial charge in [0.25, 0.3) is 0 Å². The number of Topliss-reactive ketones (excluding diaryl/α,β-unsaturated/α-hetero) is 1. The van der Waals surface area contributed by atoms with Crippen LogP contribution in [0.4, 0.5) is 4.39 Å². The van der Waals surface area contributed by atoms with Gasteiger partial charge in [0.05, 0.1) is 16.3 Å². The van der Waals surface area contributed by atoms with Crippen LogP contribution in [0.15, 0.2) is 48.5 Å². The third-order valence-corrected chi connectivity index (χ3v) is 4.66. The molecule has 1 aromatic heterocycles. The van der Waals surface area contributed by atoms with Crippen molar-refractivity contribution in [2.45, 2.75) is 18.8 Å². The Hall–Kier alpha value is -2.58. The van der Waals surface area contributed by atoms with Gasteiger partial charge in [0, 0.05) is 6.42 Å². The SMILES string of the molecule is N#CC(C(=O)CCc1cccc(F)c1)c1nc2ccccc2s1. The van der Waals surface area contributed by atoms with Crippen molar-refractivity contribution in [1.82, 2.24) is 4.98 Å². The number of carbonyl (C=O) groups is 1. The van der Waals surface area contributed by atoms with Crippen LogP contribution in [0.1, 0.15) is 22.9 Å². The molecule has 1 unspecified atom stereocenters. The first-order valence-corrected chi connectivity index (χ1v) is 8.01. The first kappa shape index (κ1) is 15.3. The van der Waals surface area contributed by atoms with Gasteiger partial charge in [-0.05, 0) is 36.2 Å². The Bertz CT molecular complexity index is 864. The van der Waals surface area contributed by atoms with Crippen LogP contribution in [-0.2, 0) is 11.2 Å². The van der Waals surface area contributed by atoms with Gasteiger partial charge in [0.1, 0.15) is 10.8 Å². The number of ketones is 1. The minimum atomic E-state index is -0.860. The van der Waals surface area contributed by atoms with Crippen molar-refractivity contribution in [2.24, 2.45) is 0 Å². The molecule has 0 aliphatic rings. The lowest BCUT2D eigenvalue weighted by Gasteiger charge is -2.05. The second kappa shape index (κ2) is 6.67. The number of aromatic nitrogens is 1. The molecule has 0 saturated heterocycles. The smallest absolute Gasteiger partial charge is 0.157 e. The molecule has 0 spiro atoms. The number of aryl methyl sites for hydroxylation is 1. The monoisotopic (exact) mass is 324 g/mol. The number of carbonyl (C=O) groups excluding carboxylic acids is 1. The van der Waals surface area contributed by atoms with Crippen molar-refractivity contribution in [3.05, 3.63) is 64.9 Å². The van der Waals surface area contributed by atoms with Crippen LogP contribution in [0.5, 0.6) is 0 Å². The van der Waals surface area contributed by atoms with E-state index >= 15 is 0 Å². The molecule has 5 heteroatoms. The Morgan fingerprint density at radius 2 is 2.09 bits per heavy atom. The lowest BCUT2D eigenvalue weighted by atomic mass is 9.99. The van der Waals surface area contributed by atoms with E-state index in [0.717, 1.165) is 15.8 Å². The molecular weight excluding hydrogens is 311 g/mol. The van der Waals surface area contributed by atoms with Gasteiger partial charge in [0.15, 0.2) is 11.7 Å². The molecule has 0 fully saturated rings. The predicted octanol–water partition coefficient (Wildman–Crippen LogP) is 4.24. The highest BCUT2D eigenvalue weighted by molar-refractivity contribution is 7.18.